The molecular weight excluding hydrogens is 561 g/mol. The van der Waals surface area contributed by atoms with Gasteiger partial charge in [-0.05, 0) is 48.4 Å². The van der Waals surface area contributed by atoms with E-state index in [1.165, 1.54) is 10.8 Å². The lowest BCUT2D eigenvalue weighted by Gasteiger charge is -2.23. The molecule has 6 nitrogen and oxygen atoms in total. The number of nitrogens with zero attached hydrogens (tertiary/aromatic N) is 3. The first-order valence-corrected chi connectivity index (χ1v) is 13.8. The molecule has 174 valence electrons. The minimum absolute atomic E-state index is 0.0256. The van der Waals surface area contributed by atoms with Crippen LogP contribution in [0.1, 0.15) is 12.0 Å². The van der Waals surface area contributed by atoms with Gasteiger partial charge >= 0.3 is 0 Å². The Hall–Kier alpha value is -2.56. The van der Waals surface area contributed by atoms with E-state index in [1.807, 2.05) is 25.1 Å². The Morgan fingerprint density at radius 2 is 1.79 bits per heavy atom. The average molecular weight is 585 g/mol. The van der Waals surface area contributed by atoms with E-state index in [9.17, 15) is 8.42 Å². The van der Waals surface area contributed by atoms with Crippen molar-refractivity contribution in [2.45, 2.75) is 22.3 Å². The van der Waals surface area contributed by atoms with Gasteiger partial charge in [0, 0.05) is 24.2 Å². The zero-order valence-corrected chi connectivity index (χ0v) is 21.6. The summed E-state index contributed by atoms with van der Waals surface area (Å²) in [6.07, 6.45) is 2.59. The van der Waals surface area contributed by atoms with Crippen molar-refractivity contribution in [3.05, 3.63) is 84.6 Å². The second-order valence-electron chi connectivity index (χ2n) is 8.47. The number of rotatable bonds is 6. The third-order valence-corrected chi connectivity index (χ3v) is 9.10. The standard InChI is InChI=1S/C26H24IN3O3S/c1-18-6-10-23(11-7-18)34(31,32)33-17-22-13-15-30(25(22)27)26-28-14-12-24(29-26)21-9-8-19-4-2-3-5-20(19)16-21/h2-12,14,16,22,25H,13,15,17H2,1H3. The molecular formula is C26H24IN3O3S. The van der Waals surface area contributed by atoms with Gasteiger partial charge in [0.2, 0.25) is 5.95 Å². The second-order valence-corrected chi connectivity index (χ2v) is 11.4. The molecule has 4 aromatic rings. The molecule has 0 N–H and O–H groups in total. The molecule has 3 aromatic carbocycles. The van der Waals surface area contributed by atoms with Crippen molar-refractivity contribution in [2.75, 3.05) is 18.1 Å². The van der Waals surface area contributed by atoms with Crippen LogP contribution in [0.5, 0.6) is 0 Å². The van der Waals surface area contributed by atoms with E-state index in [2.05, 4.69) is 62.8 Å². The molecule has 0 saturated carbocycles. The summed E-state index contributed by atoms with van der Waals surface area (Å²) >= 11 is 2.34. The minimum atomic E-state index is -3.78. The molecule has 0 amide bonds. The summed E-state index contributed by atoms with van der Waals surface area (Å²) in [6.45, 7) is 2.79. The van der Waals surface area contributed by atoms with Gasteiger partial charge in [0.15, 0.2) is 0 Å². The average Bonchev–Trinajstić information content (AvgIpc) is 3.23. The molecule has 34 heavy (non-hydrogen) atoms. The number of hydrogen-bond donors (Lipinski definition) is 0. The molecule has 1 aliphatic rings. The fourth-order valence-electron chi connectivity index (χ4n) is 4.14. The van der Waals surface area contributed by atoms with Crippen LogP contribution in [0.2, 0.25) is 0 Å². The molecule has 1 aliphatic heterocycles. The van der Waals surface area contributed by atoms with Crippen LogP contribution in [0.15, 0.2) is 83.9 Å². The zero-order chi connectivity index (χ0) is 23.7. The summed E-state index contributed by atoms with van der Waals surface area (Å²) in [5.41, 5.74) is 2.90. The van der Waals surface area contributed by atoms with Gasteiger partial charge in [-0.1, -0.05) is 76.7 Å². The van der Waals surface area contributed by atoms with Gasteiger partial charge in [0.25, 0.3) is 10.1 Å². The number of halogens is 1. The Bertz CT molecular complexity index is 1430. The van der Waals surface area contributed by atoms with E-state index < -0.39 is 10.1 Å². The van der Waals surface area contributed by atoms with Crippen LogP contribution in [0, 0.1) is 12.8 Å². The van der Waals surface area contributed by atoms with Crippen molar-refractivity contribution >= 4 is 49.4 Å². The molecule has 1 fully saturated rings. The molecule has 0 aliphatic carbocycles. The zero-order valence-electron chi connectivity index (χ0n) is 18.6. The maximum atomic E-state index is 12.6. The smallest absolute Gasteiger partial charge is 0.296 e. The minimum Gasteiger partial charge on any atom is -0.329 e. The third-order valence-electron chi connectivity index (χ3n) is 6.12. The maximum absolute atomic E-state index is 12.6. The topological polar surface area (TPSA) is 72.4 Å². The number of aryl methyl sites for hydroxylation is 1. The Morgan fingerprint density at radius 3 is 2.59 bits per heavy atom. The largest absolute Gasteiger partial charge is 0.329 e. The molecule has 5 rings (SSSR count). The number of benzene rings is 3. The molecule has 1 aromatic heterocycles. The molecule has 1 saturated heterocycles. The Kier molecular flexibility index (Phi) is 6.54. The van der Waals surface area contributed by atoms with E-state index in [-0.39, 0.29) is 21.5 Å². The van der Waals surface area contributed by atoms with Crippen molar-refractivity contribution < 1.29 is 12.6 Å². The molecule has 0 bridgehead atoms. The highest BCUT2D eigenvalue weighted by atomic mass is 127. The molecule has 8 heteroatoms. The van der Waals surface area contributed by atoms with E-state index in [0.29, 0.717) is 5.95 Å². The fourth-order valence-corrected chi connectivity index (χ4v) is 6.19. The SMILES string of the molecule is Cc1ccc(S(=O)(=O)OCC2CCN(c3nccc(-c4ccc5ccccc5c4)n3)C2I)cc1. The van der Waals surface area contributed by atoms with Crippen LogP contribution in [0.4, 0.5) is 5.95 Å². The molecule has 0 spiro atoms. The lowest BCUT2D eigenvalue weighted by molar-refractivity contribution is 0.263. The number of alkyl halides is 1. The number of hydrogen-bond acceptors (Lipinski definition) is 6. The summed E-state index contributed by atoms with van der Waals surface area (Å²) < 4.78 is 30.6. The summed E-state index contributed by atoms with van der Waals surface area (Å²) in [7, 11) is -3.78. The Balaban J connectivity index is 1.30. The first-order valence-electron chi connectivity index (χ1n) is 11.1. The maximum Gasteiger partial charge on any atom is 0.296 e. The van der Waals surface area contributed by atoms with Gasteiger partial charge in [-0.25, -0.2) is 9.97 Å². The van der Waals surface area contributed by atoms with Crippen LogP contribution in [0.25, 0.3) is 22.0 Å². The molecule has 2 heterocycles. The van der Waals surface area contributed by atoms with Gasteiger partial charge in [-0.2, -0.15) is 8.42 Å². The summed E-state index contributed by atoms with van der Waals surface area (Å²) in [4.78, 5) is 11.6. The summed E-state index contributed by atoms with van der Waals surface area (Å²) in [6, 6.07) is 23.2. The highest BCUT2D eigenvalue weighted by Gasteiger charge is 2.35. The lowest BCUT2D eigenvalue weighted by atomic mass is 10.1. The highest BCUT2D eigenvalue weighted by Crippen LogP contribution is 2.34. The first-order chi connectivity index (χ1) is 16.4. The predicted octanol–water partition coefficient (Wildman–Crippen LogP) is 5.60. The van der Waals surface area contributed by atoms with Crippen molar-refractivity contribution in [2.24, 2.45) is 5.92 Å². The van der Waals surface area contributed by atoms with Gasteiger partial charge < -0.3 is 4.90 Å². The number of aromatic nitrogens is 2. The van der Waals surface area contributed by atoms with Crippen molar-refractivity contribution in [1.29, 1.82) is 0 Å². The van der Waals surface area contributed by atoms with Gasteiger partial charge in [0.1, 0.15) is 0 Å². The van der Waals surface area contributed by atoms with Crippen molar-refractivity contribution in [1.82, 2.24) is 9.97 Å². The number of fused-ring (bicyclic) bond motifs is 1. The van der Waals surface area contributed by atoms with Crippen molar-refractivity contribution in [3.63, 3.8) is 0 Å². The lowest BCUT2D eigenvalue weighted by Crippen LogP contribution is -2.30. The predicted molar refractivity (Wildman–Crippen MR) is 143 cm³/mol. The van der Waals surface area contributed by atoms with Crippen LogP contribution in [-0.2, 0) is 14.3 Å². The van der Waals surface area contributed by atoms with E-state index in [4.69, 9.17) is 9.17 Å². The monoisotopic (exact) mass is 585 g/mol. The Morgan fingerprint density at radius 1 is 1.03 bits per heavy atom. The van der Waals surface area contributed by atoms with Gasteiger partial charge in [0.05, 0.1) is 21.2 Å². The summed E-state index contributed by atoms with van der Waals surface area (Å²) in [5, 5.41) is 2.36. The third kappa shape index (κ3) is 4.80. The van der Waals surface area contributed by atoms with Crippen LogP contribution < -0.4 is 4.90 Å². The van der Waals surface area contributed by atoms with Crippen LogP contribution in [0.3, 0.4) is 0 Å². The van der Waals surface area contributed by atoms with E-state index in [1.54, 1.807) is 30.5 Å². The van der Waals surface area contributed by atoms with Crippen molar-refractivity contribution in [3.8, 4) is 11.3 Å². The molecule has 2 atom stereocenters. The van der Waals surface area contributed by atoms with Gasteiger partial charge in [-0.15, -0.1) is 0 Å². The van der Waals surface area contributed by atoms with Gasteiger partial charge in [-0.3, -0.25) is 4.18 Å². The van der Waals surface area contributed by atoms with E-state index in [0.717, 1.165) is 29.8 Å². The van der Waals surface area contributed by atoms with Crippen LogP contribution in [-0.4, -0.2) is 35.6 Å². The Labute approximate surface area is 213 Å². The summed E-state index contributed by atoms with van der Waals surface area (Å²) in [5.74, 6) is 0.697. The highest BCUT2D eigenvalue weighted by molar-refractivity contribution is 14.1. The normalized spacial score (nSPS) is 18.5. The fraction of sp³-hybridized carbons (Fsp3) is 0.231. The first kappa shape index (κ1) is 23.2. The van der Waals surface area contributed by atoms with Crippen LogP contribution >= 0.6 is 22.6 Å². The quantitative estimate of drug-likeness (QED) is 0.127. The molecule has 2 unspecified atom stereocenters. The molecule has 0 radical (unpaired) electrons. The number of anilines is 1. The van der Waals surface area contributed by atoms with E-state index >= 15 is 0 Å². The second kappa shape index (κ2) is 9.59.